The van der Waals surface area contributed by atoms with Crippen molar-refractivity contribution in [3.8, 4) is 5.75 Å². The Balaban J connectivity index is 2.38. The fraction of sp³-hybridized carbons (Fsp3) is 0.200. The van der Waals surface area contributed by atoms with Crippen molar-refractivity contribution in [2.24, 2.45) is 4.99 Å². The van der Waals surface area contributed by atoms with Crippen LogP contribution in [0.25, 0.3) is 0 Å². The molecule has 0 aliphatic carbocycles. The lowest BCUT2D eigenvalue weighted by Gasteiger charge is -2.02. The van der Waals surface area contributed by atoms with Gasteiger partial charge in [0.2, 0.25) is 0 Å². The predicted molar refractivity (Wildman–Crippen MR) is 56.9 cm³/mol. The van der Waals surface area contributed by atoms with Crippen molar-refractivity contribution >= 4 is 23.1 Å². The molecular weight excluding hydrogens is 217 g/mol. The Morgan fingerprint density at radius 3 is 3.07 bits per heavy atom. The van der Waals surface area contributed by atoms with Gasteiger partial charge in [0.05, 0.1) is 5.56 Å². The Kier molecular flexibility index (Phi) is 2.73. The minimum Gasteiger partial charge on any atom is -0.507 e. The predicted octanol–water partition coefficient (Wildman–Crippen LogP) is 1.59. The highest BCUT2D eigenvalue weighted by molar-refractivity contribution is 8.14. The van der Waals surface area contributed by atoms with Gasteiger partial charge in [-0.05, 0) is 18.2 Å². The van der Waals surface area contributed by atoms with Crippen LogP contribution in [-0.4, -0.2) is 28.2 Å². The van der Waals surface area contributed by atoms with E-state index in [1.54, 1.807) is 0 Å². The van der Waals surface area contributed by atoms with E-state index in [9.17, 15) is 14.3 Å². The van der Waals surface area contributed by atoms with Gasteiger partial charge in [-0.1, -0.05) is 0 Å². The van der Waals surface area contributed by atoms with Gasteiger partial charge in [0.15, 0.2) is 0 Å². The summed E-state index contributed by atoms with van der Waals surface area (Å²) in [7, 11) is 0. The smallest absolute Gasteiger partial charge is 0.145 e. The number of hydrogen-bond donors (Lipinski definition) is 1. The summed E-state index contributed by atoms with van der Waals surface area (Å²) in [5.74, 6) is 0.101. The minimum absolute atomic E-state index is 0.0193. The highest BCUT2D eigenvalue weighted by Crippen LogP contribution is 2.28. The number of benzene rings is 1. The Bertz CT molecular complexity index is 433. The van der Waals surface area contributed by atoms with Crippen molar-refractivity contribution in [2.45, 2.75) is 6.04 Å². The third-order valence-corrected chi connectivity index (χ3v) is 3.13. The van der Waals surface area contributed by atoms with Crippen LogP contribution in [0.4, 0.5) is 4.39 Å². The quantitative estimate of drug-likeness (QED) is 0.777. The fourth-order valence-corrected chi connectivity index (χ4v) is 2.30. The molecule has 1 aliphatic rings. The van der Waals surface area contributed by atoms with E-state index < -0.39 is 5.82 Å². The Labute approximate surface area is 90.0 Å². The number of carbonyl (C=O) groups excluding carboxylic acids is 1. The Morgan fingerprint density at radius 2 is 2.40 bits per heavy atom. The third kappa shape index (κ3) is 2.02. The van der Waals surface area contributed by atoms with Crippen LogP contribution in [0, 0.1) is 5.82 Å². The molecule has 15 heavy (non-hydrogen) atoms. The maximum atomic E-state index is 12.9. The molecule has 1 aliphatic heterocycles. The Hall–Kier alpha value is -1.36. The van der Waals surface area contributed by atoms with Crippen LogP contribution in [0.2, 0.25) is 0 Å². The van der Waals surface area contributed by atoms with E-state index in [2.05, 4.69) is 4.99 Å². The van der Waals surface area contributed by atoms with E-state index in [4.69, 9.17) is 0 Å². The second-order valence-corrected chi connectivity index (χ2v) is 4.12. The molecule has 0 fully saturated rings. The van der Waals surface area contributed by atoms with E-state index in [1.165, 1.54) is 30.0 Å². The van der Waals surface area contributed by atoms with E-state index in [0.717, 1.165) is 6.29 Å². The van der Waals surface area contributed by atoms with Gasteiger partial charge in [0, 0.05) is 5.75 Å². The van der Waals surface area contributed by atoms with Crippen LogP contribution in [0.5, 0.6) is 5.75 Å². The molecule has 0 radical (unpaired) electrons. The number of aromatic hydroxyl groups is 1. The summed E-state index contributed by atoms with van der Waals surface area (Å²) < 4.78 is 12.9. The average Bonchev–Trinajstić information content (AvgIpc) is 2.70. The SMILES string of the molecule is O=CC1CSC(c2cc(F)ccc2O)=N1. The van der Waals surface area contributed by atoms with Gasteiger partial charge in [-0.3, -0.25) is 4.99 Å². The molecule has 1 aromatic rings. The van der Waals surface area contributed by atoms with Gasteiger partial charge in [0.1, 0.15) is 28.9 Å². The molecule has 1 atom stereocenters. The van der Waals surface area contributed by atoms with Crippen LogP contribution in [0.15, 0.2) is 23.2 Å². The van der Waals surface area contributed by atoms with Crippen LogP contribution in [0.1, 0.15) is 5.56 Å². The highest BCUT2D eigenvalue weighted by atomic mass is 32.2. The van der Waals surface area contributed by atoms with Crippen molar-refractivity contribution in [3.63, 3.8) is 0 Å². The van der Waals surface area contributed by atoms with E-state index in [1.807, 2.05) is 0 Å². The number of carbonyl (C=O) groups is 1. The van der Waals surface area contributed by atoms with Crippen molar-refractivity contribution in [3.05, 3.63) is 29.6 Å². The average molecular weight is 225 g/mol. The molecule has 5 heteroatoms. The summed E-state index contributed by atoms with van der Waals surface area (Å²) in [6, 6.07) is 3.29. The molecule has 0 saturated heterocycles. The zero-order valence-electron chi connectivity index (χ0n) is 7.68. The molecule has 0 bridgehead atoms. The first-order chi connectivity index (χ1) is 7.20. The number of aliphatic imine (C=N–C) groups is 1. The van der Waals surface area contributed by atoms with Gasteiger partial charge in [0.25, 0.3) is 0 Å². The molecule has 3 nitrogen and oxygen atoms in total. The van der Waals surface area contributed by atoms with Gasteiger partial charge in [-0.25, -0.2) is 4.39 Å². The summed E-state index contributed by atoms with van der Waals surface area (Å²) in [6.45, 7) is 0. The molecule has 78 valence electrons. The first-order valence-electron chi connectivity index (χ1n) is 4.35. The summed E-state index contributed by atoms with van der Waals surface area (Å²) in [4.78, 5) is 14.5. The van der Waals surface area contributed by atoms with E-state index in [0.29, 0.717) is 16.4 Å². The second-order valence-electron chi connectivity index (χ2n) is 3.11. The molecule has 2 rings (SSSR count). The molecule has 1 N–H and O–H groups in total. The molecule has 1 aromatic carbocycles. The van der Waals surface area contributed by atoms with Crippen LogP contribution < -0.4 is 0 Å². The molecule has 1 unspecified atom stereocenters. The zero-order chi connectivity index (χ0) is 10.8. The number of halogens is 1. The lowest BCUT2D eigenvalue weighted by Crippen LogP contribution is -2.03. The number of rotatable bonds is 2. The lowest BCUT2D eigenvalue weighted by molar-refractivity contribution is -0.108. The van der Waals surface area contributed by atoms with Gasteiger partial charge in [-0.2, -0.15) is 0 Å². The van der Waals surface area contributed by atoms with Crippen molar-refractivity contribution in [1.82, 2.24) is 0 Å². The first-order valence-corrected chi connectivity index (χ1v) is 5.34. The summed E-state index contributed by atoms with van der Waals surface area (Å²) in [6.07, 6.45) is 0.746. The van der Waals surface area contributed by atoms with Gasteiger partial charge >= 0.3 is 0 Å². The maximum Gasteiger partial charge on any atom is 0.145 e. The zero-order valence-corrected chi connectivity index (χ0v) is 8.50. The maximum absolute atomic E-state index is 12.9. The first kappa shape index (κ1) is 10.2. The molecule has 0 aromatic heterocycles. The minimum atomic E-state index is -0.430. The molecule has 0 amide bonds. The van der Waals surface area contributed by atoms with Crippen molar-refractivity contribution in [2.75, 3.05) is 5.75 Å². The van der Waals surface area contributed by atoms with Crippen molar-refractivity contribution < 1.29 is 14.3 Å². The lowest BCUT2D eigenvalue weighted by atomic mass is 10.2. The largest absolute Gasteiger partial charge is 0.507 e. The monoisotopic (exact) mass is 225 g/mol. The molecule has 1 heterocycles. The summed E-state index contributed by atoms with van der Waals surface area (Å²) in [5.41, 5.74) is 0.351. The third-order valence-electron chi connectivity index (χ3n) is 2.02. The number of phenolic OH excluding ortho intramolecular Hbond substituents is 1. The summed E-state index contributed by atoms with van der Waals surface area (Å²) in [5, 5.41) is 10.0. The van der Waals surface area contributed by atoms with E-state index >= 15 is 0 Å². The molecule has 0 saturated carbocycles. The second kappa shape index (κ2) is 4.02. The van der Waals surface area contributed by atoms with Gasteiger partial charge < -0.3 is 9.90 Å². The number of nitrogens with zero attached hydrogens (tertiary/aromatic N) is 1. The molecule has 0 spiro atoms. The standard InChI is InChI=1S/C10H8FNO2S/c11-6-1-2-9(14)8(3-6)10-12-7(4-13)5-15-10/h1-4,7,14H,5H2. The number of hydrogen-bond acceptors (Lipinski definition) is 4. The van der Waals surface area contributed by atoms with Crippen LogP contribution in [-0.2, 0) is 4.79 Å². The van der Waals surface area contributed by atoms with Crippen molar-refractivity contribution in [1.29, 1.82) is 0 Å². The highest BCUT2D eigenvalue weighted by Gasteiger charge is 2.20. The normalized spacial score (nSPS) is 20.1. The number of aldehydes is 1. The number of thioether (sulfide) groups is 1. The van der Waals surface area contributed by atoms with E-state index in [-0.39, 0.29) is 11.8 Å². The Morgan fingerprint density at radius 1 is 1.60 bits per heavy atom. The fourth-order valence-electron chi connectivity index (χ4n) is 1.29. The van der Waals surface area contributed by atoms with Gasteiger partial charge in [-0.15, -0.1) is 11.8 Å². The number of phenols is 1. The topological polar surface area (TPSA) is 49.7 Å². The molecular formula is C10H8FNO2S. The van der Waals surface area contributed by atoms with Crippen LogP contribution in [0.3, 0.4) is 0 Å². The summed E-state index contributed by atoms with van der Waals surface area (Å²) >= 11 is 1.34. The van der Waals surface area contributed by atoms with Crippen LogP contribution >= 0.6 is 11.8 Å².